The van der Waals surface area contributed by atoms with Gasteiger partial charge in [0.05, 0.1) is 39.3 Å². The SMILES string of the molecule is O=S(=O)(I)c1ccc(N2CCOCC2)nc1. The Kier molecular flexibility index (Phi) is 3.65. The highest BCUT2D eigenvalue weighted by molar-refractivity contribution is 14.2. The zero-order valence-electron chi connectivity index (χ0n) is 8.47. The predicted octanol–water partition coefficient (Wildman–Crippen LogP) is 1.04. The molecule has 0 amide bonds. The van der Waals surface area contributed by atoms with Crippen molar-refractivity contribution >= 4 is 34.0 Å². The smallest absolute Gasteiger partial charge is 0.232 e. The molecule has 0 radical (unpaired) electrons. The van der Waals surface area contributed by atoms with E-state index in [9.17, 15) is 8.42 Å². The molecule has 0 aliphatic carbocycles. The molecule has 0 atom stereocenters. The fourth-order valence-electron chi connectivity index (χ4n) is 1.50. The molecule has 88 valence electrons. The maximum Gasteiger partial charge on any atom is 0.232 e. The summed E-state index contributed by atoms with van der Waals surface area (Å²) in [6, 6.07) is 3.32. The lowest BCUT2D eigenvalue weighted by atomic mass is 10.4. The summed E-state index contributed by atoms with van der Waals surface area (Å²) in [4.78, 5) is 6.47. The van der Waals surface area contributed by atoms with Crippen molar-refractivity contribution in [2.24, 2.45) is 0 Å². The summed E-state index contributed by atoms with van der Waals surface area (Å²) < 4.78 is 27.7. The highest BCUT2D eigenvalue weighted by Gasteiger charge is 2.14. The minimum absolute atomic E-state index is 0.241. The summed E-state index contributed by atoms with van der Waals surface area (Å²) in [5.41, 5.74) is 0. The fraction of sp³-hybridized carbons (Fsp3) is 0.444. The monoisotopic (exact) mass is 354 g/mol. The van der Waals surface area contributed by atoms with E-state index in [1.165, 1.54) is 27.4 Å². The van der Waals surface area contributed by atoms with Gasteiger partial charge in [0.2, 0.25) is 7.01 Å². The first-order valence-electron chi connectivity index (χ1n) is 4.81. The third-order valence-corrected chi connectivity index (χ3v) is 4.67. The molecule has 0 spiro atoms. The maximum atomic E-state index is 11.2. The van der Waals surface area contributed by atoms with Gasteiger partial charge in [0, 0.05) is 19.3 Å². The molecular weight excluding hydrogens is 343 g/mol. The average molecular weight is 354 g/mol. The molecule has 16 heavy (non-hydrogen) atoms. The Morgan fingerprint density at radius 2 is 2.00 bits per heavy atom. The van der Waals surface area contributed by atoms with E-state index in [0.717, 1.165) is 18.9 Å². The van der Waals surface area contributed by atoms with Gasteiger partial charge < -0.3 is 9.64 Å². The number of rotatable bonds is 2. The summed E-state index contributed by atoms with van der Waals surface area (Å²) in [5, 5.41) is 0. The molecule has 2 heterocycles. The molecule has 0 aromatic carbocycles. The van der Waals surface area contributed by atoms with Crippen LogP contribution in [-0.2, 0) is 11.7 Å². The van der Waals surface area contributed by atoms with Gasteiger partial charge in [0.15, 0.2) is 0 Å². The normalized spacial score (nSPS) is 17.4. The number of halogens is 1. The van der Waals surface area contributed by atoms with Crippen LogP contribution in [0.15, 0.2) is 23.2 Å². The second-order valence-corrected chi connectivity index (χ2v) is 8.22. The Morgan fingerprint density at radius 3 is 2.50 bits per heavy atom. The van der Waals surface area contributed by atoms with Crippen LogP contribution in [0.3, 0.4) is 0 Å². The van der Waals surface area contributed by atoms with Crippen molar-refractivity contribution in [2.45, 2.75) is 4.90 Å². The minimum Gasteiger partial charge on any atom is -0.378 e. The second kappa shape index (κ2) is 4.84. The molecular formula is C9H11IN2O3S. The summed E-state index contributed by atoms with van der Waals surface area (Å²) >= 11 is 1.41. The lowest BCUT2D eigenvalue weighted by molar-refractivity contribution is 0.122. The molecule has 0 bridgehead atoms. The van der Waals surface area contributed by atoms with Crippen molar-refractivity contribution in [2.75, 3.05) is 31.2 Å². The van der Waals surface area contributed by atoms with Crippen molar-refractivity contribution in [1.29, 1.82) is 0 Å². The van der Waals surface area contributed by atoms with Crippen LogP contribution in [0.2, 0.25) is 0 Å². The standard InChI is InChI=1S/C9H11IN2O3S/c10-16(13,14)8-1-2-9(11-7-8)12-3-5-15-6-4-12/h1-2,7H,3-6H2. The van der Waals surface area contributed by atoms with Gasteiger partial charge in [0.25, 0.3) is 0 Å². The molecule has 0 N–H and O–H groups in total. The first-order chi connectivity index (χ1) is 7.57. The van der Waals surface area contributed by atoms with Crippen LogP contribution in [0, 0.1) is 0 Å². The Hall–Kier alpha value is -0.410. The number of ether oxygens (including phenoxy) is 1. The van der Waals surface area contributed by atoms with Crippen LogP contribution in [0.4, 0.5) is 5.82 Å². The van der Waals surface area contributed by atoms with Gasteiger partial charge in [-0.1, -0.05) is 0 Å². The van der Waals surface area contributed by atoms with Gasteiger partial charge in [-0.05, 0) is 12.1 Å². The van der Waals surface area contributed by atoms with E-state index in [2.05, 4.69) is 9.88 Å². The van der Waals surface area contributed by atoms with Crippen molar-refractivity contribution in [1.82, 2.24) is 4.98 Å². The molecule has 1 aromatic heterocycles. The zero-order chi connectivity index (χ0) is 11.6. The highest BCUT2D eigenvalue weighted by Crippen LogP contribution is 2.19. The highest BCUT2D eigenvalue weighted by atomic mass is 127. The number of morpholine rings is 1. The van der Waals surface area contributed by atoms with Gasteiger partial charge in [-0.2, -0.15) is 0 Å². The van der Waals surface area contributed by atoms with E-state index in [0.29, 0.717) is 13.2 Å². The summed E-state index contributed by atoms with van der Waals surface area (Å²) in [6.45, 7) is 2.97. The Labute approximate surface area is 106 Å². The van der Waals surface area contributed by atoms with Crippen LogP contribution in [0.1, 0.15) is 0 Å². The van der Waals surface area contributed by atoms with Crippen LogP contribution < -0.4 is 4.90 Å². The summed E-state index contributed by atoms with van der Waals surface area (Å²) in [6.07, 6.45) is 1.40. The van der Waals surface area contributed by atoms with E-state index in [4.69, 9.17) is 4.74 Å². The Bertz CT molecular complexity index is 454. The number of hydrogen-bond acceptors (Lipinski definition) is 5. The van der Waals surface area contributed by atoms with Crippen LogP contribution in [-0.4, -0.2) is 39.7 Å². The minimum atomic E-state index is -3.19. The molecule has 1 aromatic rings. The van der Waals surface area contributed by atoms with E-state index in [-0.39, 0.29) is 4.90 Å². The van der Waals surface area contributed by atoms with Crippen molar-refractivity contribution in [3.63, 3.8) is 0 Å². The topological polar surface area (TPSA) is 59.5 Å². The molecule has 2 rings (SSSR count). The fourth-order valence-corrected chi connectivity index (χ4v) is 2.69. The molecule has 1 fully saturated rings. The molecule has 7 heteroatoms. The van der Waals surface area contributed by atoms with E-state index < -0.39 is 7.01 Å². The number of pyridine rings is 1. The molecule has 0 unspecified atom stereocenters. The molecule has 1 aliphatic heterocycles. The summed E-state index contributed by atoms with van der Waals surface area (Å²) in [5.74, 6) is 0.798. The third kappa shape index (κ3) is 2.83. The van der Waals surface area contributed by atoms with Gasteiger partial charge in [-0.25, -0.2) is 13.4 Å². The zero-order valence-corrected chi connectivity index (χ0v) is 11.4. The maximum absolute atomic E-state index is 11.2. The quantitative estimate of drug-likeness (QED) is 0.587. The second-order valence-electron chi connectivity index (χ2n) is 3.39. The van der Waals surface area contributed by atoms with Gasteiger partial charge in [0.1, 0.15) is 5.82 Å². The van der Waals surface area contributed by atoms with Gasteiger partial charge in [-0.3, -0.25) is 0 Å². The first kappa shape index (κ1) is 12.1. The third-order valence-electron chi connectivity index (χ3n) is 2.34. The van der Waals surface area contributed by atoms with E-state index in [1.54, 1.807) is 12.1 Å². The van der Waals surface area contributed by atoms with Crippen LogP contribution in [0.5, 0.6) is 0 Å². The Morgan fingerprint density at radius 1 is 1.31 bits per heavy atom. The Balaban J connectivity index is 2.18. The van der Waals surface area contributed by atoms with Crippen molar-refractivity contribution in [3.8, 4) is 0 Å². The molecule has 1 saturated heterocycles. The average Bonchev–Trinajstić information content (AvgIpc) is 2.29. The lowest BCUT2D eigenvalue weighted by Gasteiger charge is -2.27. The number of hydrogen-bond donors (Lipinski definition) is 0. The van der Waals surface area contributed by atoms with Crippen LogP contribution in [0.25, 0.3) is 0 Å². The first-order valence-corrected chi connectivity index (χ1v) is 8.83. The van der Waals surface area contributed by atoms with E-state index in [1.807, 2.05) is 0 Å². The predicted molar refractivity (Wildman–Crippen MR) is 68.5 cm³/mol. The van der Waals surface area contributed by atoms with E-state index >= 15 is 0 Å². The molecule has 0 saturated carbocycles. The van der Waals surface area contributed by atoms with Gasteiger partial charge in [-0.15, -0.1) is 0 Å². The van der Waals surface area contributed by atoms with Crippen molar-refractivity contribution in [3.05, 3.63) is 18.3 Å². The molecule has 5 nitrogen and oxygen atoms in total. The van der Waals surface area contributed by atoms with Crippen LogP contribution >= 0.6 is 21.2 Å². The largest absolute Gasteiger partial charge is 0.378 e. The number of aromatic nitrogens is 1. The lowest BCUT2D eigenvalue weighted by Crippen LogP contribution is -2.36. The van der Waals surface area contributed by atoms with Crippen molar-refractivity contribution < 1.29 is 13.2 Å². The van der Waals surface area contributed by atoms with Gasteiger partial charge >= 0.3 is 0 Å². The number of anilines is 1. The summed E-state index contributed by atoms with van der Waals surface area (Å²) in [7, 11) is -3.19. The number of nitrogens with zero attached hydrogens (tertiary/aromatic N) is 2. The molecule has 1 aliphatic rings.